The van der Waals surface area contributed by atoms with Crippen LogP contribution in [0.1, 0.15) is 59.6 Å². The van der Waals surface area contributed by atoms with Crippen molar-refractivity contribution in [3.63, 3.8) is 0 Å². The lowest BCUT2D eigenvalue weighted by atomic mass is 10.0. The van der Waals surface area contributed by atoms with Crippen LogP contribution in [0.15, 0.2) is 41.4 Å². The van der Waals surface area contributed by atoms with Gasteiger partial charge < -0.3 is 5.32 Å². The summed E-state index contributed by atoms with van der Waals surface area (Å²) in [6, 6.07) is 7.83. The second-order valence-electron chi connectivity index (χ2n) is 8.50. The van der Waals surface area contributed by atoms with Crippen molar-refractivity contribution in [2.24, 2.45) is 10.8 Å². The first-order valence-electron chi connectivity index (χ1n) is 11.0. The van der Waals surface area contributed by atoms with E-state index in [9.17, 15) is 18.0 Å². The Balaban J connectivity index is 1.52. The van der Waals surface area contributed by atoms with E-state index in [1.54, 1.807) is 13.0 Å². The molecule has 1 amide bonds. The molecule has 2 aromatic carbocycles. The number of hydrazine groups is 2. The Morgan fingerprint density at radius 3 is 2.55 bits per heavy atom. The summed E-state index contributed by atoms with van der Waals surface area (Å²) in [5.74, 6) is 3.25. The smallest absolute Gasteiger partial charge is 0.258 e. The molecular formula is C23H27F3N6O. The minimum Gasteiger partial charge on any atom is -0.353 e. The average molecular weight is 461 g/mol. The molecule has 1 heterocycles. The zero-order valence-corrected chi connectivity index (χ0v) is 18.2. The third-order valence-electron chi connectivity index (χ3n) is 6.06. The van der Waals surface area contributed by atoms with E-state index in [4.69, 9.17) is 5.84 Å². The molecule has 4 rings (SSSR count). The van der Waals surface area contributed by atoms with Crippen molar-refractivity contribution < 1.29 is 18.0 Å². The summed E-state index contributed by atoms with van der Waals surface area (Å²) in [7, 11) is 0. The molecule has 5 N–H and O–H groups in total. The molecule has 2 atom stereocenters. The number of amides is 1. The molecule has 0 aromatic heterocycles. The molecule has 1 aliphatic heterocycles. The molecule has 2 aromatic rings. The summed E-state index contributed by atoms with van der Waals surface area (Å²) in [5.41, 5.74) is 4.33. The van der Waals surface area contributed by atoms with E-state index in [-0.39, 0.29) is 29.4 Å². The maximum absolute atomic E-state index is 14.0. The van der Waals surface area contributed by atoms with Crippen molar-refractivity contribution in [1.82, 2.24) is 21.2 Å². The van der Waals surface area contributed by atoms with Crippen LogP contribution in [-0.2, 0) is 0 Å². The molecule has 1 saturated heterocycles. The maximum atomic E-state index is 14.0. The lowest BCUT2D eigenvalue weighted by Crippen LogP contribution is -2.48. The highest BCUT2D eigenvalue weighted by Crippen LogP contribution is 2.27. The lowest BCUT2D eigenvalue weighted by molar-refractivity contribution is 0.0974. The molecule has 1 saturated carbocycles. The molecular weight excluding hydrogens is 433 g/mol. The Bertz CT molecular complexity index is 1060. The number of hydrogen-bond acceptors (Lipinski definition) is 5. The molecule has 1 aliphatic carbocycles. The van der Waals surface area contributed by atoms with Gasteiger partial charge in [-0.15, -0.1) is 0 Å². The number of aliphatic imine (C=N–C) groups is 1. The molecule has 2 fully saturated rings. The second-order valence-corrected chi connectivity index (χ2v) is 8.50. The van der Waals surface area contributed by atoms with Gasteiger partial charge in [-0.2, -0.15) is 5.12 Å². The number of carbonyl (C=O) groups excluding carboxylic acids is 1. The fourth-order valence-electron chi connectivity index (χ4n) is 4.13. The van der Waals surface area contributed by atoms with Crippen LogP contribution in [0.2, 0.25) is 0 Å². The van der Waals surface area contributed by atoms with Crippen LogP contribution in [0.4, 0.5) is 13.2 Å². The van der Waals surface area contributed by atoms with Gasteiger partial charge in [-0.3, -0.25) is 16.0 Å². The first kappa shape index (κ1) is 23.2. The third-order valence-corrected chi connectivity index (χ3v) is 6.06. The molecule has 0 radical (unpaired) electrons. The molecule has 7 nitrogen and oxygen atoms in total. The van der Waals surface area contributed by atoms with Crippen LogP contribution in [0.3, 0.4) is 0 Å². The Hall–Kier alpha value is -2.95. The van der Waals surface area contributed by atoms with Gasteiger partial charge in [-0.1, -0.05) is 25.0 Å². The van der Waals surface area contributed by atoms with Crippen molar-refractivity contribution >= 4 is 11.9 Å². The SMILES string of the molecule is Cc1ccc(C2CC(N=C(NC(=O)c3ccc(F)c(F)c3)NC3CCCC3)N(N)N2)cc1F. The van der Waals surface area contributed by atoms with Crippen molar-refractivity contribution in [2.75, 3.05) is 0 Å². The summed E-state index contributed by atoms with van der Waals surface area (Å²) in [5, 5.41) is 7.23. The number of nitrogens with zero attached hydrogens (tertiary/aromatic N) is 2. The van der Waals surface area contributed by atoms with E-state index in [1.165, 1.54) is 17.3 Å². The van der Waals surface area contributed by atoms with E-state index in [0.29, 0.717) is 12.0 Å². The maximum Gasteiger partial charge on any atom is 0.258 e. The van der Waals surface area contributed by atoms with E-state index in [1.807, 2.05) is 6.07 Å². The summed E-state index contributed by atoms with van der Waals surface area (Å²) in [4.78, 5) is 17.3. The number of nitrogens with one attached hydrogen (secondary N) is 3. The van der Waals surface area contributed by atoms with Crippen LogP contribution < -0.4 is 21.9 Å². The lowest BCUT2D eigenvalue weighted by Gasteiger charge is -2.20. The van der Waals surface area contributed by atoms with Crippen molar-refractivity contribution in [3.05, 3.63) is 70.5 Å². The number of carbonyl (C=O) groups is 1. The Labute approximate surface area is 190 Å². The highest BCUT2D eigenvalue weighted by atomic mass is 19.2. The molecule has 0 spiro atoms. The molecule has 176 valence electrons. The first-order valence-corrected chi connectivity index (χ1v) is 11.0. The predicted octanol–water partition coefficient (Wildman–Crippen LogP) is 3.18. The standard InChI is InChI=1S/C23H27F3N6O/c1-13-6-7-14(10-18(13)25)20-12-21(32(27)31-20)29-23(28-16-4-2-3-5-16)30-22(33)15-8-9-17(24)19(26)11-15/h6-11,16,20-21,31H,2-5,12,27H2,1H3,(H2,28,29,30,33). The van der Waals surface area contributed by atoms with Gasteiger partial charge in [-0.25, -0.2) is 23.6 Å². The molecule has 10 heteroatoms. The van der Waals surface area contributed by atoms with Gasteiger partial charge in [0.1, 0.15) is 12.0 Å². The number of benzene rings is 2. The quantitative estimate of drug-likeness (QED) is 0.319. The molecule has 2 unspecified atom stereocenters. The van der Waals surface area contributed by atoms with Crippen LogP contribution in [0, 0.1) is 24.4 Å². The Morgan fingerprint density at radius 1 is 1.09 bits per heavy atom. The topological polar surface area (TPSA) is 94.8 Å². The van der Waals surface area contributed by atoms with Gasteiger partial charge in [0, 0.05) is 18.0 Å². The van der Waals surface area contributed by atoms with Gasteiger partial charge in [0.25, 0.3) is 5.91 Å². The number of aryl methyl sites for hydroxylation is 1. The fourth-order valence-corrected chi connectivity index (χ4v) is 4.13. The van der Waals surface area contributed by atoms with E-state index >= 15 is 0 Å². The number of halogens is 3. The fraction of sp³-hybridized carbons (Fsp3) is 0.391. The highest BCUT2D eigenvalue weighted by Gasteiger charge is 2.32. The Kier molecular flexibility index (Phi) is 6.96. The molecule has 0 bridgehead atoms. The molecule has 33 heavy (non-hydrogen) atoms. The van der Waals surface area contributed by atoms with Crippen molar-refractivity contribution in [3.8, 4) is 0 Å². The van der Waals surface area contributed by atoms with Crippen LogP contribution in [0.5, 0.6) is 0 Å². The number of guanidine groups is 1. The third kappa shape index (κ3) is 5.52. The zero-order valence-electron chi connectivity index (χ0n) is 18.2. The minimum absolute atomic E-state index is 0.0306. The van der Waals surface area contributed by atoms with Crippen molar-refractivity contribution in [2.45, 2.75) is 57.3 Å². The number of rotatable bonds is 4. The van der Waals surface area contributed by atoms with E-state index in [0.717, 1.165) is 43.4 Å². The number of nitrogens with two attached hydrogens (primary N) is 1. The largest absolute Gasteiger partial charge is 0.353 e. The van der Waals surface area contributed by atoms with E-state index < -0.39 is 23.7 Å². The van der Waals surface area contributed by atoms with Crippen molar-refractivity contribution in [1.29, 1.82) is 0 Å². The molecule has 2 aliphatic rings. The minimum atomic E-state index is -1.11. The van der Waals surface area contributed by atoms with E-state index in [2.05, 4.69) is 21.1 Å². The van der Waals surface area contributed by atoms with Crippen LogP contribution in [-0.4, -0.2) is 29.2 Å². The summed E-state index contributed by atoms with van der Waals surface area (Å²) in [6.45, 7) is 1.69. The first-order chi connectivity index (χ1) is 15.8. The van der Waals surface area contributed by atoms with Crippen LogP contribution in [0.25, 0.3) is 0 Å². The van der Waals surface area contributed by atoms with Gasteiger partial charge in [-0.05, 0) is 55.2 Å². The summed E-state index contributed by atoms with van der Waals surface area (Å²) < 4.78 is 40.8. The van der Waals surface area contributed by atoms with Crippen LogP contribution >= 0.6 is 0 Å². The predicted molar refractivity (Wildman–Crippen MR) is 118 cm³/mol. The second kappa shape index (κ2) is 9.90. The average Bonchev–Trinajstić information content (AvgIpc) is 3.42. The van der Waals surface area contributed by atoms with Gasteiger partial charge >= 0.3 is 0 Å². The zero-order chi connectivity index (χ0) is 23.5. The Morgan fingerprint density at radius 2 is 1.85 bits per heavy atom. The van der Waals surface area contributed by atoms with Gasteiger partial charge in [0.15, 0.2) is 17.6 Å². The highest BCUT2D eigenvalue weighted by molar-refractivity contribution is 6.05. The van der Waals surface area contributed by atoms with Gasteiger partial charge in [0.2, 0.25) is 0 Å². The monoisotopic (exact) mass is 460 g/mol. The summed E-state index contributed by atoms with van der Waals surface area (Å²) in [6.07, 6.45) is 3.89. The number of hydrogen-bond donors (Lipinski definition) is 4. The normalized spacial score (nSPS) is 22.0. The summed E-state index contributed by atoms with van der Waals surface area (Å²) >= 11 is 0. The van der Waals surface area contributed by atoms with Gasteiger partial charge in [0.05, 0.1) is 6.04 Å².